The van der Waals surface area contributed by atoms with Crippen LogP contribution in [0.3, 0.4) is 0 Å². The van der Waals surface area contributed by atoms with E-state index in [4.69, 9.17) is 49.6 Å². The van der Waals surface area contributed by atoms with E-state index in [0.29, 0.717) is 18.9 Å². The van der Waals surface area contributed by atoms with Gasteiger partial charge in [-0.25, -0.2) is 44.9 Å². The number of aliphatic hydroxyl groups is 1. The zero-order chi connectivity index (χ0) is 60.0. The Bertz CT molecular complexity index is 4990. The number of aliphatic hydroxyl groups excluding tert-OH is 1. The summed E-state index contributed by atoms with van der Waals surface area (Å²) in [6.45, 7) is 18.3. The number of H-pyrrole nitrogens is 2. The molecule has 6 aromatic carbocycles. The van der Waals surface area contributed by atoms with Crippen molar-refractivity contribution in [1.82, 2.24) is 78.0 Å². The van der Waals surface area contributed by atoms with E-state index >= 15 is 0 Å². The van der Waals surface area contributed by atoms with Gasteiger partial charge in [-0.3, -0.25) is 4.90 Å². The molecule has 10 heterocycles. The molecule has 0 unspecified atom stereocenters. The smallest absolute Gasteiger partial charge is 0.160 e. The highest BCUT2D eigenvalue weighted by molar-refractivity contribution is 6.00. The van der Waals surface area contributed by atoms with Crippen molar-refractivity contribution in [2.45, 2.75) is 73.5 Å². The van der Waals surface area contributed by atoms with Crippen molar-refractivity contribution in [2.24, 2.45) is 13.0 Å². The average Bonchev–Trinajstić information content (AvgIpc) is 1.92. The van der Waals surface area contributed by atoms with Crippen molar-refractivity contribution >= 4 is 99.7 Å². The number of imidazole rings is 3. The number of hydrogen-bond acceptors (Lipinski definition) is 12. The Morgan fingerprint density at radius 3 is 1.30 bits per heavy atom. The quantitative estimate of drug-likeness (QED) is 0.0988. The number of aromatic nitrogens is 15. The van der Waals surface area contributed by atoms with E-state index in [9.17, 15) is 5.11 Å². The number of para-hydroxylation sites is 12. The Balaban J connectivity index is 0.000000117. The minimum absolute atomic E-state index is 0.139. The molecule has 0 amide bonds. The number of aromatic amines is 2. The number of rotatable bonds is 13. The van der Waals surface area contributed by atoms with Crippen LogP contribution in [0.1, 0.15) is 50.2 Å². The SMILES string of the molecule is Cc1c(-c2nc3ccccc3[nH]2)c2nc3ccccc3nc2n1CCC(C)C.Cc1c(-c2nc3ccccc3[nH]2)c2nc3ccccc3nc2n1CCCO.Cc1c(-c2nc3ccccc3n2C)c2nc3ccccc3nc2n1CCCN1CCOCC1. The standard InChI is InChI=1S/C26H28N6O.C23H23N5.C21H19N5O/c1-18-23(25-29-21-10-5-6-11-22(21)30(25)2)24-26(28-20-9-4-3-8-19(20)27-24)32(18)13-7-12-31-14-16-33-17-15-31;1-14(2)12-13-28-15(3)20(22-25-17-9-5-6-10-18(17)26-22)21-23(28)27-19-11-7-4-8-16(19)24-21;1-13-18(20-23-15-8-3-4-9-16(15)24-20)19-21(26(13)11-6-12-27)25-17-10-5-2-7-14(17)22-19/h3-6,8-11H,7,12-17H2,1-2H3;4-11,14H,12-13H2,1-3H3,(H,25,26);2-5,7-10,27H,6,11-12H2,1H3,(H,23,24). The maximum atomic E-state index is 9.31. The van der Waals surface area contributed by atoms with Crippen LogP contribution in [0.5, 0.6) is 0 Å². The molecule has 1 aliphatic rings. The summed E-state index contributed by atoms with van der Waals surface area (Å²) in [4.78, 5) is 53.9. The average molecular weight is 1170 g/mol. The molecule has 16 rings (SSSR count). The third-order valence-electron chi connectivity index (χ3n) is 17.1. The highest BCUT2D eigenvalue weighted by atomic mass is 16.5. The molecule has 0 radical (unpaired) electrons. The molecule has 0 aliphatic carbocycles. The van der Waals surface area contributed by atoms with Crippen LogP contribution in [0.15, 0.2) is 146 Å². The number of aryl methyl sites for hydroxylation is 4. The lowest BCUT2D eigenvalue weighted by Crippen LogP contribution is -2.37. The van der Waals surface area contributed by atoms with Crippen LogP contribution in [0.25, 0.3) is 134 Å². The van der Waals surface area contributed by atoms with Gasteiger partial charge >= 0.3 is 0 Å². The highest BCUT2D eigenvalue weighted by Crippen LogP contribution is 2.38. The molecule has 0 atom stereocenters. The van der Waals surface area contributed by atoms with Gasteiger partial charge in [0.2, 0.25) is 0 Å². The van der Waals surface area contributed by atoms with Crippen molar-refractivity contribution in [3.05, 3.63) is 163 Å². The van der Waals surface area contributed by atoms with E-state index < -0.39 is 0 Å². The van der Waals surface area contributed by atoms with Gasteiger partial charge in [-0.05, 0) is 119 Å². The monoisotopic (exact) mass is 1170 g/mol. The Labute approximate surface area is 508 Å². The lowest BCUT2D eigenvalue weighted by atomic mass is 10.1. The number of ether oxygens (including phenoxy) is 1. The van der Waals surface area contributed by atoms with Crippen LogP contribution in [0.2, 0.25) is 0 Å². The molecule has 15 aromatic rings. The fraction of sp³-hybridized carbons (Fsp3) is 0.271. The molecule has 442 valence electrons. The predicted molar refractivity (Wildman–Crippen MR) is 352 cm³/mol. The molecule has 18 nitrogen and oxygen atoms in total. The lowest BCUT2D eigenvalue weighted by molar-refractivity contribution is 0.0369. The molecule has 88 heavy (non-hydrogen) atoms. The van der Waals surface area contributed by atoms with E-state index in [0.717, 1.165) is 204 Å². The molecule has 1 saturated heterocycles. The van der Waals surface area contributed by atoms with Crippen LogP contribution >= 0.6 is 0 Å². The molecule has 1 aliphatic heterocycles. The van der Waals surface area contributed by atoms with Crippen molar-refractivity contribution in [2.75, 3.05) is 39.5 Å². The highest BCUT2D eigenvalue weighted by Gasteiger charge is 2.26. The molecule has 0 spiro atoms. The number of hydrogen-bond donors (Lipinski definition) is 3. The minimum atomic E-state index is 0.139. The first-order valence-electron chi connectivity index (χ1n) is 30.6. The molecule has 3 N–H and O–H groups in total. The van der Waals surface area contributed by atoms with Crippen molar-refractivity contribution < 1.29 is 9.84 Å². The van der Waals surface area contributed by atoms with Gasteiger partial charge < -0.3 is 38.1 Å². The summed E-state index contributed by atoms with van der Waals surface area (Å²) >= 11 is 0. The van der Waals surface area contributed by atoms with Gasteiger partial charge in [0.15, 0.2) is 16.9 Å². The summed E-state index contributed by atoms with van der Waals surface area (Å²) in [5.41, 5.74) is 23.3. The Morgan fingerprint density at radius 1 is 0.443 bits per heavy atom. The van der Waals surface area contributed by atoms with E-state index in [1.165, 1.54) is 5.69 Å². The predicted octanol–water partition coefficient (Wildman–Crippen LogP) is 13.5. The molecular weight excluding hydrogens is 1100 g/mol. The van der Waals surface area contributed by atoms with Gasteiger partial charge in [0.1, 0.15) is 34.0 Å². The summed E-state index contributed by atoms with van der Waals surface area (Å²) in [5.74, 6) is 3.22. The van der Waals surface area contributed by atoms with E-state index in [1.54, 1.807) is 0 Å². The van der Waals surface area contributed by atoms with Gasteiger partial charge in [-0.2, -0.15) is 0 Å². The number of fused-ring (bicyclic) bond motifs is 9. The van der Waals surface area contributed by atoms with Gasteiger partial charge in [-0.15, -0.1) is 0 Å². The molecular formula is C70H70N16O2. The molecule has 0 saturated carbocycles. The summed E-state index contributed by atoms with van der Waals surface area (Å²) < 4.78 is 14.4. The van der Waals surface area contributed by atoms with E-state index in [2.05, 4.69) is 99.1 Å². The second kappa shape index (κ2) is 23.8. The lowest BCUT2D eigenvalue weighted by Gasteiger charge is -2.26. The summed E-state index contributed by atoms with van der Waals surface area (Å²) in [5, 5.41) is 9.31. The molecule has 1 fully saturated rings. The van der Waals surface area contributed by atoms with Gasteiger partial charge in [0.05, 0.1) is 96.1 Å². The normalized spacial score (nSPS) is 13.1. The maximum absolute atomic E-state index is 9.31. The fourth-order valence-electron chi connectivity index (χ4n) is 12.5. The molecule has 18 heteroatoms. The van der Waals surface area contributed by atoms with Gasteiger partial charge in [0, 0.05) is 70.0 Å². The Morgan fingerprint density at radius 2 is 0.841 bits per heavy atom. The van der Waals surface area contributed by atoms with E-state index in [-0.39, 0.29) is 6.61 Å². The first-order chi connectivity index (χ1) is 43.1. The second-order valence-electron chi connectivity index (χ2n) is 23.2. The van der Waals surface area contributed by atoms with Crippen LogP contribution in [-0.2, 0) is 31.4 Å². The first kappa shape index (κ1) is 56.1. The topological polar surface area (TPSA) is 200 Å². The number of nitrogens with zero attached hydrogens (tertiary/aromatic N) is 14. The van der Waals surface area contributed by atoms with Crippen molar-refractivity contribution in [1.29, 1.82) is 0 Å². The fourth-order valence-corrected chi connectivity index (χ4v) is 12.5. The maximum Gasteiger partial charge on any atom is 0.160 e. The Hall–Kier alpha value is -9.75. The summed E-state index contributed by atoms with van der Waals surface area (Å²) in [7, 11) is 2.08. The first-order valence-corrected chi connectivity index (χ1v) is 30.6. The van der Waals surface area contributed by atoms with Gasteiger partial charge in [0.25, 0.3) is 0 Å². The molecule has 0 bridgehead atoms. The van der Waals surface area contributed by atoms with Crippen LogP contribution < -0.4 is 0 Å². The third kappa shape index (κ3) is 10.5. The molecule has 9 aromatic heterocycles. The summed E-state index contributed by atoms with van der Waals surface area (Å²) in [6.07, 6.45) is 2.82. The largest absolute Gasteiger partial charge is 0.396 e. The van der Waals surface area contributed by atoms with Crippen LogP contribution in [-0.4, -0.2) is 123 Å². The van der Waals surface area contributed by atoms with Crippen molar-refractivity contribution in [3.63, 3.8) is 0 Å². The zero-order valence-electron chi connectivity index (χ0n) is 50.5. The van der Waals surface area contributed by atoms with Crippen LogP contribution in [0.4, 0.5) is 0 Å². The zero-order valence-corrected chi connectivity index (χ0v) is 50.5. The second-order valence-corrected chi connectivity index (χ2v) is 23.2. The van der Waals surface area contributed by atoms with Gasteiger partial charge in [-0.1, -0.05) is 86.6 Å². The van der Waals surface area contributed by atoms with Crippen LogP contribution in [0, 0.1) is 26.7 Å². The van der Waals surface area contributed by atoms with E-state index in [1.807, 2.05) is 121 Å². The number of benzene rings is 6. The Kier molecular flexibility index (Phi) is 15.2. The number of nitrogens with one attached hydrogen (secondary N) is 2. The third-order valence-corrected chi connectivity index (χ3v) is 17.1. The minimum Gasteiger partial charge on any atom is -0.396 e. The summed E-state index contributed by atoms with van der Waals surface area (Å²) in [6, 6.07) is 48.5. The number of morpholine rings is 1. The van der Waals surface area contributed by atoms with Crippen molar-refractivity contribution in [3.8, 4) is 34.2 Å².